The van der Waals surface area contributed by atoms with Gasteiger partial charge in [0.2, 0.25) is 5.56 Å². The maximum Gasteiger partial charge on any atom is 0.249 e. The fraction of sp³-hybridized carbons (Fsp3) is 0.0952. The number of methoxy groups -OCH3 is 1. The smallest absolute Gasteiger partial charge is 0.249 e. The molecule has 0 aliphatic rings. The van der Waals surface area contributed by atoms with Crippen LogP contribution in [0.1, 0.15) is 5.56 Å². The zero-order valence-electron chi connectivity index (χ0n) is 16.5. The third-order valence-electron chi connectivity index (χ3n) is 4.37. The monoisotopic (exact) mass is 496 g/mol. The molecule has 0 unspecified atom stereocenters. The molecular formula is C21H16Cl3FN4O3. The second-order valence-electron chi connectivity index (χ2n) is 6.48. The summed E-state index contributed by atoms with van der Waals surface area (Å²) < 4.78 is 25.5. The van der Waals surface area contributed by atoms with Gasteiger partial charge in [-0.2, -0.15) is 0 Å². The first-order valence-electron chi connectivity index (χ1n) is 8.99. The second kappa shape index (κ2) is 10.0. The average molecular weight is 498 g/mol. The van der Waals surface area contributed by atoms with E-state index in [9.17, 15) is 9.18 Å². The predicted octanol–water partition coefficient (Wildman–Crippen LogP) is 5.52. The van der Waals surface area contributed by atoms with E-state index in [2.05, 4.69) is 20.3 Å². The summed E-state index contributed by atoms with van der Waals surface area (Å²) in [5, 5.41) is 4.06. The van der Waals surface area contributed by atoms with Crippen LogP contribution in [0.5, 0.6) is 11.5 Å². The van der Waals surface area contributed by atoms with Crippen LogP contribution in [0.25, 0.3) is 10.9 Å². The first-order valence-corrected chi connectivity index (χ1v) is 9.75. The van der Waals surface area contributed by atoms with Crippen LogP contribution in [0.3, 0.4) is 0 Å². The van der Waals surface area contributed by atoms with Crippen molar-refractivity contribution in [1.29, 1.82) is 0 Å². The number of hydrogen-bond donors (Lipinski definition) is 2. The van der Waals surface area contributed by atoms with Crippen molar-refractivity contribution in [2.24, 2.45) is 0 Å². The van der Waals surface area contributed by atoms with Crippen molar-refractivity contribution in [3.05, 3.63) is 80.7 Å². The molecule has 0 amide bonds. The molecule has 166 valence electrons. The van der Waals surface area contributed by atoms with Crippen molar-refractivity contribution >= 4 is 58.0 Å². The molecule has 2 aromatic heterocycles. The van der Waals surface area contributed by atoms with Gasteiger partial charge in [-0.25, -0.2) is 14.4 Å². The predicted molar refractivity (Wildman–Crippen MR) is 124 cm³/mol. The summed E-state index contributed by atoms with van der Waals surface area (Å²) in [5.74, 6) is 0.701. The summed E-state index contributed by atoms with van der Waals surface area (Å²) in [7, 11) is 1.49. The van der Waals surface area contributed by atoms with E-state index in [4.69, 9.17) is 32.7 Å². The number of aromatic nitrogens is 3. The fourth-order valence-electron chi connectivity index (χ4n) is 2.96. The van der Waals surface area contributed by atoms with Crippen molar-refractivity contribution in [2.75, 3.05) is 12.4 Å². The quantitative estimate of drug-likeness (QED) is 0.341. The molecule has 0 saturated carbocycles. The van der Waals surface area contributed by atoms with Gasteiger partial charge in [-0.1, -0.05) is 23.2 Å². The zero-order chi connectivity index (χ0) is 22.0. The van der Waals surface area contributed by atoms with E-state index >= 15 is 0 Å². The maximum absolute atomic E-state index is 14.2. The lowest BCUT2D eigenvalue weighted by Gasteiger charge is -2.14. The minimum absolute atomic E-state index is 0. The maximum atomic E-state index is 14.2. The average Bonchev–Trinajstić information content (AvgIpc) is 2.73. The molecule has 0 fully saturated rings. The number of nitrogens with zero attached hydrogens (tertiary/aromatic N) is 2. The van der Waals surface area contributed by atoms with Crippen LogP contribution in [0.2, 0.25) is 10.2 Å². The normalized spacial score (nSPS) is 10.5. The molecule has 0 aliphatic carbocycles. The molecule has 0 atom stereocenters. The van der Waals surface area contributed by atoms with Gasteiger partial charge < -0.3 is 19.8 Å². The Bertz CT molecular complexity index is 1330. The number of aromatic amines is 1. The van der Waals surface area contributed by atoms with Gasteiger partial charge in [-0.3, -0.25) is 4.79 Å². The van der Waals surface area contributed by atoms with Gasteiger partial charge in [0.1, 0.15) is 29.7 Å². The van der Waals surface area contributed by atoms with Gasteiger partial charge >= 0.3 is 0 Å². The third-order valence-corrected chi connectivity index (χ3v) is 4.81. The molecule has 4 rings (SSSR count). The van der Waals surface area contributed by atoms with Gasteiger partial charge in [0.25, 0.3) is 0 Å². The molecule has 4 aromatic rings. The van der Waals surface area contributed by atoms with Crippen molar-refractivity contribution in [2.45, 2.75) is 6.61 Å². The number of fused-ring (bicyclic) bond motifs is 1. The number of pyridine rings is 1. The number of ether oxygens (including phenoxy) is 2. The standard InChI is InChI=1S/C21H15Cl2FN4O3.ClH/c1-30-17-7-13-16(8-18(17)31-9-11-4-19(23)28-20(29)5-11)25-10-26-21(13)27-15-3-2-12(22)6-14(15)24;/h2-8,10H,9H2,1H3,(H,28,29)(H,25,26,27);1H. The van der Waals surface area contributed by atoms with Gasteiger partial charge in [-0.15, -0.1) is 12.4 Å². The SMILES string of the molecule is COc1cc2c(Nc3ccc(Cl)cc3F)ncnc2cc1OCc1cc(Cl)[nH]c(=O)c1.Cl. The highest BCUT2D eigenvalue weighted by atomic mass is 35.5. The molecule has 32 heavy (non-hydrogen) atoms. The number of halogens is 4. The Morgan fingerprint density at radius 1 is 1.09 bits per heavy atom. The van der Waals surface area contributed by atoms with Crippen LogP contribution in [0.15, 0.2) is 53.6 Å². The Kier molecular flexibility index (Phi) is 7.40. The molecule has 0 aliphatic heterocycles. The van der Waals surface area contributed by atoms with Gasteiger partial charge in [0, 0.05) is 22.5 Å². The van der Waals surface area contributed by atoms with E-state index in [1.807, 2.05) is 0 Å². The van der Waals surface area contributed by atoms with Crippen LogP contribution >= 0.6 is 35.6 Å². The lowest BCUT2D eigenvalue weighted by atomic mass is 10.2. The molecule has 0 spiro atoms. The molecule has 2 aromatic carbocycles. The highest BCUT2D eigenvalue weighted by molar-refractivity contribution is 6.30. The van der Waals surface area contributed by atoms with Crippen LogP contribution in [-0.2, 0) is 6.61 Å². The second-order valence-corrected chi connectivity index (χ2v) is 7.32. The lowest BCUT2D eigenvalue weighted by molar-refractivity contribution is 0.285. The van der Waals surface area contributed by atoms with Crippen molar-refractivity contribution < 1.29 is 13.9 Å². The van der Waals surface area contributed by atoms with Crippen LogP contribution < -0.4 is 20.3 Å². The first-order chi connectivity index (χ1) is 14.9. The van der Waals surface area contributed by atoms with Crippen LogP contribution in [-0.4, -0.2) is 22.1 Å². The summed E-state index contributed by atoms with van der Waals surface area (Å²) in [6, 6.07) is 10.7. The Morgan fingerprint density at radius 3 is 2.62 bits per heavy atom. The van der Waals surface area contributed by atoms with E-state index in [0.29, 0.717) is 38.8 Å². The summed E-state index contributed by atoms with van der Waals surface area (Å²) in [6.07, 6.45) is 1.35. The Balaban J connectivity index is 0.00000289. The minimum Gasteiger partial charge on any atom is -0.493 e. The van der Waals surface area contributed by atoms with Gasteiger partial charge in [0.15, 0.2) is 11.5 Å². The molecule has 0 saturated heterocycles. The minimum atomic E-state index is -0.511. The van der Waals surface area contributed by atoms with Crippen molar-refractivity contribution in [1.82, 2.24) is 15.0 Å². The largest absolute Gasteiger partial charge is 0.493 e. The molecule has 2 heterocycles. The number of hydrogen-bond acceptors (Lipinski definition) is 6. The van der Waals surface area contributed by atoms with Crippen molar-refractivity contribution in [3.63, 3.8) is 0 Å². The zero-order valence-corrected chi connectivity index (χ0v) is 18.8. The molecule has 7 nitrogen and oxygen atoms in total. The molecule has 0 bridgehead atoms. The number of H-pyrrole nitrogens is 1. The topological polar surface area (TPSA) is 89.1 Å². The Labute approximate surface area is 197 Å². The van der Waals surface area contributed by atoms with E-state index in [0.717, 1.165) is 0 Å². The van der Waals surface area contributed by atoms with Crippen LogP contribution in [0.4, 0.5) is 15.9 Å². The van der Waals surface area contributed by atoms with E-state index in [1.165, 1.54) is 31.6 Å². The first kappa shape index (κ1) is 23.6. The van der Waals surface area contributed by atoms with Gasteiger partial charge in [0.05, 0.1) is 18.3 Å². The Hall–Kier alpha value is -3.07. The van der Waals surface area contributed by atoms with E-state index in [-0.39, 0.29) is 35.4 Å². The number of benzene rings is 2. The highest BCUT2D eigenvalue weighted by Gasteiger charge is 2.13. The highest BCUT2D eigenvalue weighted by Crippen LogP contribution is 2.35. The van der Waals surface area contributed by atoms with E-state index in [1.54, 1.807) is 24.3 Å². The summed E-state index contributed by atoms with van der Waals surface area (Å²) in [6.45, 7) is 0.0949. The molecule has 11 heteroatoms. The van der Waals surface area contributed by atoms with Crippen LogP contribution in [0, 0.1) is 5.82 Å². The third kappa shape index (κ3) is 5.21. The summed E-state index contributed by atoms with van der Waals surface area (Å²) in [5.41, 5.74) is 1.04. The summed E-state index contributed by atoms with van der Waals surface area (Å²) in [4.78, 5) is 22.5. The van der Waals surface area contributed by atoms with Crippen molar-refractivity contribution in [3.8, 4) is 11.5 Å². The molecule has 2 N–H and O–H groups in total. The Morgan fingerprint density at radius 2 is 1.91 bits per heavy atom. The van der Waals surface area contributed by atoms with E-state index < -0.39 is 5.82 Å². The number of nitrogens with one attached hydrogen (secondary N) is 2. The summed E-state index contributed by atoms with van der Waals surface area (Å²) >= 11 is 11.7. The molecule has 0 radical (unpaired) electrons. The lowest BCUT2D eigenvalue weighted by Crippen LogP contribution is -2.07. The number of anilines is 2. The molecular weight excluding hydrogens is 482 g/mol. The number of rotatable bonds is 6. The fourth-order valence-corrected chi connectivity index (χ4v) is 3.35. The van der Waals surface area contributed by atoms with Gasteiger partial charge in [-0.05, 0) is 35.9 Å².